The summed E-state index contributed by atoms with van der Waals surface area (Å²) in [5.74, 6) is 2.60. The maximum Gasteiger partial charge on any atom is 0.133 e. The standard InChI is InChI=1S/C19H30O/c1-15(2)19(16(3)4)12-8-11-18(20)14-13-17-9-6-5-7-10-17/h5-7,9-10,15-16,19H,8,11-14H2,1-4H3. The lowest BCUT2D eigenvalue weighted by Gasteiger charge is -2.24. The van der Waals surface area contributed by atoms with Crippen LogP contribution >= 0.6 is 0 Å². The molecular formula is C19H30O. The lowest BCUT2D eigenvalue weighted by atomic mass is 9.81. The van der Waals surface area contributed by atoms with Crippen molar-refractivity contribution in [2.24, 2.45) is 17.8 Å². The largest absolute Gasteiger partial charge is 0.300 e. The number of rotatable bonds is 9. The Morgan fingerprint density at radius 2 is 1.55 bits per heavy atom. The zero-order chi connectivity index (χ0) is 15.0. The van der Waals surface area contributed by atoms with Gasteiger partial charge in [-0.25, -0.2) is 0 Å². The van der Waals surface area contributed by atoms with Crippen LogP contribution in [-0.2, 0) is 11.2 Å². The van der Waals surface area contributed by atoms with Gasteiger partial charge >= 0.3 is 0 Å². The monoisotopic (exact) mass is 274 g/mol. The highest BCUT2D eigenvalue weighted by atomic mass is 16.1. The first kappa shape index (κ1) is 16.9. The minimum atomic E-state index is 0.417. The van der Waals surface area contributed by atoms with Crippen LogP contribution in [0.2, 0.25) is 0 Å². The van der Waals surface area contributed by atoms with Crippen molar-refractivity contribution in [2.75, 3.05) is 0 Å². The molecule has 0 heterocycles. The molecule has 20 heavy (non-hydrogen) atoms. The van der Waals surface area contributed by atoms with E-state index in [2.05, 4.69) is 39.8 Å². The molecule has 1 heteroatoms. The Morgan fingerprint density at radius 3 is 2.10 bits per heavy atom. The van der Waals surface area contributed by atoms with Gasteiger partial charge in [0, 0.05) is 12.8 Å². The Morgan fingerprint density at radius 1 is 0.950 bits per heavy atom. The Kier molecular flexibility index (Phi) is 7.58. The zero-order valence-electron chi connectivity index (χ0n) is 13.6. The maximum atomic E-state index is 11.9. The van der Waals surface area contributed by atoms with Crippen LogP contribution in [0.4, 0.5) is 0 Å². The van der Waals surface area contributed by atoms with Gasteiger partial charge in [0.1, 0.15) is 5.78 Å². The van der Waals surface area contributed by atoms with E-state index in [1.54, 1.807) is 0 Å². The number of carbonyl (C=O) groups is 1. The molecule has 0 atom stereocenters. The summed E-state index contributed by atoms with van der Waals surface area (Å²) in [6.45, 7) is 9.17. The minimum absolute atomic E-state index is 0.417. The number of hydrogen-bond donors (Lipinski definition) is 0. The molecule has 0 fully saturated rings. The second-order valence-corrected chi connectivity index (χ2v) is 6.57. The molecule has 0 spiro atoms. The first-order valence-electron chi connectivity index (χ1n) is 8.06. The molecule has 0 radical (unpaired) electrons. The van der Waals surface area contributed by atoms with Gasteiger partial charge in [0.25, 0.3) is 0 Å². The van der Waals surface area contributed by atoms with E-state index < -0.39 is 0 Å². The maximum absolute atomic E-state index is 11.9. The van der Waals surface area contributed by atoms with Gasteiger partial charge in [0.15, 0.2) is 0 Å². The topological polar surface area (TPSA) is 17.1 Å². The van der Waals surface area contributed by atoms with Crippen molar-refractivity contribution in [1.29, 1.82) is 0 Å². The summed E-state index contributed by atoms with van der Waals surface area (Å²) in [5.41, 5.74) is 1.27. The third-order valence-corrected chi connectivity index (χ3v) is 4.24. The quantitative estimate of drug-likeness (QED) is 0.598. The van der Waals surface area contributed by atoms with Gasteiger partial charge in [0.05, 0.1) is 0 Å². The van der Waals surface area contributed by atoms with Gasteiger partial charge in [-0.2, -0.15) is 0 Å². The number of ketones is 1. The third kappa shape index (κ3) is 6.36. The van der Waals surface area contributed by atoms with Crippen molar-refractivity contribution in [3.8, 4) is 0 Å². The molecule has 112 valence electrons. The fraction of sp³-hybridized carbons (Fsp3) is 0.632. The minimum Gasteiger partial charge on any atom is -0.300 e. The van der Waals surface area contributed by atoms with E-state index in [1.165, 1.54) is 12.0 Å². The number of hydrogen-bond acceptors (Lipinski definition) is 1. The smallest absolute Gasteiger partial charge is 0.133 e. The molecule has 1 nitrogen and oxygen atoms in total. The molecule has 0 amide bonds. The predicted molar refractivity (Wildman–Crippen MR) is 86.8 cm³/mol. The van der Waals surface area contributed by atoms with Crippen LogP contribution in [-0.4, -0.2) is 5.78 Å². The molecule has 0 bridgehead atoms. The summed E-state index contributed by atoms with van der Waals surface area (Å²) in [5, 5.41) is 0. The first-order chi connectivity index (χ1) is 9.50. The Bertz CT molecular complexity index is 370. The lowest BCUT2D eigenvalue weighted by molar-refractivity contribution is -0.119. The lowest BCUT2D eigenvalue weighted by Crippen LogP contribution is -2.16. The van der Waals surface area contributed by atoms with Crippen molar-refractivity contribution >= 4 is 5.78 Å². The summed E-state index contributed by atoms with van der Waals surface area (Å²) >= 11 is 0. The average molecular weight is 274 g/mol. The average Bonchev–Trinajstić information content (AvgIpc) is 2.41. The molecule has 0 aliphatic heterocycles. The van der Waals surface area contributed by atoms with E-state index in [-0.39, 0.29) is 0 Å². The molecule has 0 saturated carbocycles. The summed E-state index contributed by atoms with van der Waals surface area (Å²) in [7, 11) is 0. The molecule has 0 aliphatic rings. The Labute approximate surface area is 124 Å². The molecule has 0 saturated heterocycles. The van der Waals surface area contributed by atoms with E-state index in [4.69, 9.17) is 0 Å². The van der Waals surface area contributed by atoms with Crippen LogP contribution in [0.15, 0.2) is 30.3 Å². The van der Waals surface area contributed by atoms with Crippen LogP contribution in [0.25, 0.3) is 0 Å². The van der Waals surface area contributed by atoms with E-state index >= 15 is 0 Å². The van der Waals surface area contributed by atoms with Crippen molar-refractivity contribution in [2.45, 2.75) is 59.8 Å². The van der Waals surface area contributed by atoms with E-state index in [1.807, 2.05) is 18.2 Å². The Hall–Kier alpha value is -1.11. The second kappa shape index (κ2) is 8.94. The van der Waals surface area contributed by atoms with Crippen LogP contribution < -0.4 is 0 Å². The van der Waals surface area contributed by atoms with Crippen molar-refractivity contribution < 1.29 is 4.79 Å². The highest BCUT2D eigenvalue weighted by Crippen LogP contribution is 2.26. The predicted octanol–water partition coefficient (Wildman–Crippen LogP) is 5.29. The fourth-order valence-corrected chi connectivity index (χ4v) is 3.02. The van der Waals surface area contributed by atoms with Crippen molar-refractivity contribution in [3.63, 3.8) is 0 Å². The van der Waals surface area contributed by atoms with Gasteiger partial charge in [-0.3, -0.25) is 4.79 Å². The Balaban J connectivity index is 2.23. The molecule has 1 aromatic carbocycles. The van der Waals surface area contributed by atoms with Crippen molar-refractivity contribution in [1.82, 2.24) is 0 Å². The van der Waals surface area contributed by atoms with Crippen molar-refractivity contribution in [3.05, 3.63) is 35.9 Å². The van der Waals surface area contributed by atoms with Gasteiger partial charge in [0.2, 0.25) is 0 Å². The molecule has 0 aliphatic carbocycles. The summed E-state index contributed by atoms with van der Waals surface area (Å²) < 4.78 is 0. The van der Waals surface area contributed by atoms with Gasteiger partial charge in [-0.15, -0.1) is 0 Å². The second-order valence-electron chi connectivity index (χ2n) is 6.57. The van der Waals surface area contributed by atoms with Crippen LogP contribution in [0.3, 0.4) is 0 Å². The summed E-state index contributed by atoms with van der Waals surface area (Å²) in [4.78, 5) is 11.9. The SMILES string of the molecule is CC(C)C(CCCC(=O)CCc1ccccc1)C(C)C. The van der Waals surface area contributed by atoms with E-state index in [0.717, 1.165) is 37.0 Å². The molecule has 1 rings (SSSR count). The third-order valence-electron chi connectivity index (χ3n) is 4.24. The van der Waals surface area contributed by atoms with Crippen LogP contribution in [0, 0.1) is 17.8 Å². The number of Topliss-reactive ketones (excluding diaryl/α,β-unsaturated/α-hetero) is 1. The first-order valence-corrected chi connectivity index (χ1v) is 8.06. The van der Waals surface area contributed by atoms with Gasteiger partial charge in [-0.1, -0.05) is 58.0 Å². The summed E-state index contributed by atoms with van der Waals surface area (Å²) in [6.07, 6.45) is 4.57. The van der Waals surface area contributed by atoms with Crippen LogP contribution in [0.5, 0.6) is 0 Å². The molecule has 1 aromatic rings. The molecule has 0 N–H and O–H groups in total. The van der Waals surface area contributed by atoms with Gasteiger partial charge in [-0.05, 0) is 42.6 Å². The number of benzene rings is 1. The fourth-order valence-electron chi connectivity index (χ4n) is 3.02. The molecule has 0 aromatic heterocycles. The molecule has 0 unspecified atom stereocenters. The zero-order valence-corrected chi connectivity index (χ0v) is 13.6. The number of aryl methyl sites for hydroxylation is 1. The van der Waals surface area contributed by atoms with Crippen LogP contribution in [0.1, 0.15) is 58.9 Å². The van der Waals surface area contributed by atoms with E-state index in [9.17, 15) is 4.79 Å². The van der Waals surface area contributed by atoms with E-state index in [0.29, 0.717) is 12.2 Å². The highest BCUT2D eigenvalue weighted by molar-refractivity contribution is 5.78. The summed E-state index contributed by atoms with van der Waals surface area (Å²) in [6, 6.07) is 10.3. The molecular weight excluding hydrogens is 244 g/mol. The van der Waals surface area contributed by atoms with Gasteiger partial charge < -0.3 is 0 Å². The highest BCUT2D eigenvalue weighted by Gasteiger charge is 2.17. The number of carbonyl (C=O) groups excluding carboxylic acids is 1. The normalized spacial score (nSPS) is 11.6.